The summed E-state index contributed by atoms with van der Waals surface area (Å²) in [5, 5.41) is 0. The van der Waals surface area contributed by atoms with Crippen LogP contribution in [0.1, 0.15) is 54.7 Å². The molecule has 2 heterocycles. The molecule has 1 atom stereocenters. The monoisotopic (exact) mass is 347 g/mol. The summed E-state index contributed by atoms with van der Waals surface area (Å²) < 4.78 is 29.0. The van der Waals surface area contributed by atoms with Crippen molar-refractivity contribution in [2.45, 2.75) is 45.1 Å². The Morgan fingerprint density at radius 3 is 2.76 bits per heavy atom. The van der Waals surface area contributed by atoms with E-state index in [0.29, 0.717) is 13.1 Å². The van der Waals surface area contributed by atoms with Crippen LogP contribution in [0.3, 0.4) is 0 Å². The third-order valence-corrected chi connectivity index (χ3v) is 4.68. The number of carbonyl (C=O) groups excluding carboxylic acids is 1. The van der Waals surface area contributed by atoms with Crippen LogP contribution in [0.25, 0.3) is 0 Å². The van der Waals surface area contributed by atoms with Crippen molar-refractivity contribution < 1.29 is 13.6 Å². The number of nitrogens with zero attached hydrogens (tertiary/aromatic N) is 3. The standard InChI is InChI=1S/C19H23F2N3O/c1-2-3-7-23-9-6-22-18(23)14-5-4-8-24(13-14)19(25)15-10-16(20)12-17(21)11-15/h6,9-12,14H,2-5,7-8,13H2,1H3/t14-/m0/s1. The number of halogens is 2. The van der Waals surface area contributed by atoms with E-state index in [1.165, 1.54) is 0 Å². The van der Waals surface area contributed by atoms with Gasteiger partial charge in [0, 0.05) is 49.6 Å². The van der Waals surface area contributed by atoms with E-state index in [4.69, 9.17) is 0 Å². The molecular weight excluding hydrogens is 324 g/mol. The number of likely N-dealkylation sites (tertiary alicyclic amines) is 1. The van der Waals surface area contributed by atoms with Gasteiger partial charge in [-0.3, -0.25) is 4.79 Å². The molecule has 0 aliphatic carbocycles. The number of aromatic nitrogens is 2. The molecule has 0 bridgehead atoms. The molecule has 1 amide bonds. The summed E-state index contributed by atoms with van der Waals surface area (Å²) in [6.07, 6.45) is 7.79. The molecule has 0 spiro atoms. The predicted octanol–water partition coefficient (Wildman–Crippen LogP) is 3.98. The number of unbranched alkanes of at least 4 members (excludes halogenated alkanes) is 1. The molecule has 1 aromatic heterocycles. The Labute approximate surface area is 146 Å². The first-order chi connectivity index (χ1) is 12.1. The van der Waals surface area contributed by atoms with Crippen LogP contribution < -0.4 is 0 Å². The molecule has 25 heavy (non-hydrogen) atoms. The zero-order valence-corrected chi connectivity index (χ0v) is 14.4. The number of imidazole rings is 1. The van der Waals surface area contributed by atoms with Gasteiger partial charge in [-0.15, -0.1) is 0 Å². The number of benzene rings is 1. The highest BCUT2D eigenvalue weighted by atomic mass is 19.1. The number of amides is 1. The van der Waals surface area contributed by atoms with Crippen LogP contribution in [0.15, 0.2) is 30.6 Å². The van der Waals surface area contributed by atoms with Crippen LogP contribution >= 0.6 is 0 Å². The van der Waals surface area contributed by atoms with Crippen LogP contribution in [0.2, 0.25) is 0 Å². The number of aryl methyl sites for hydroxylation is 1. The summed E-state index contributed by atoms with van der Waals surface area (Å²) in [5.74, 6) is -0.631. The van der Waals surface area contributed by atoms with Crippen molar-refractivity contribution in [2.24, 2.45) is 0 Å². The Balaban J connectivity index is 1.75. The summed E-state index contributed by atoms with van der Waals surface area (Å²) in [6.45, 7) is 4.20. The normalized spacial score (nSPS) is 17.7. The number of hydrogen-bond acceptors (Lipinski definition) is 2. The third-order valence-electron chi connectivity index (χ3n) is 4.68. The zero-order valence-electron chi connectivity index (χ0n) is 14.4. The van der Waals surface area contributed by atoms with Gasteiger partial charge in [-0.1, -0.05) is 13.3 Å². The van der Waals surface area contributed by atoms with Gasteiger partial charge in [0.25, 0.3) is 5.91 Å². The number of piperidine rings is 1. The van der Waals surface area contributed by atoms with E-state index in [1.54, 1.807) is 11.1 Å². The molecule has 6 heteroatoms. The van der Waals surface area contributed by atoms with E-state index in [1.807, 2.05) is 6.20 Å². The van der Waals surface area contributed by atoms with E-state index in [2.05, 4.69) is 16.5 Å². The van der Waals surface area contributed by atoms with Gasteiger partial charge < -0.3 is 9.47 Å². The minimum absolute atomic E-state index is 0.0625. The molecule has 0 N–H and O–H groups in total. The largest absolute Gasteiger partial charge is 0.338 e. The van der Waals surface area contributed by atoms with E-state index in [9.17, 15) is 13.6 Å². The van der Waals surface area contributed by atoms with Gasteiger partial charge in [-0.2, -0.15) is 0 Å². The highest BCUT2D eigenvalue weighted by Crippen LogP contribution is 2.27. The van der Waals surface area contributed by atoms with Crippen LogP contribution in [0.4, 0.5) is 8.78 Å². The average molecular weight is 347 g/mol. The van der Waals surface area contributed by atoms with Crippen molar-refractivity contribution in [1.82, 2.24) is 14.5 Å². The number of carbonyl (C=O) groups is 1. The first-order valence-corrected chi connectivity index (χ1v) is 8.85. The zero-order chi connectivity index (χ0) is 17.8. The lowest BCUT2D eigenvalue weighted by molar-refractivity contribution is 0.0702. The van der Waals surface area contributed by atoms with E-state index >= 15 is 0 Å². The predicted molar refractivity (Wildman–Crippen MR) is 91.4 cm³/mol. The van der Waals surface area contributed by atoms with Crippen molar-refractivity contribution in [3.8, 4) is 0 Å². The number of hydrogen-bond donors (Lipinski definition) is 0. The fourth-order valence-electron chi connectivity index (χ4n) is 3.43. The van der Waals surface area contributed by atoms with Crippen LogP contribution in [0.5, 0.6) is 0 Å². The highest BCUT2D eigenvalue weighted by Gasteiger charge is 2.28. The summed E-state index contributed by atoms with van der Waals surface area (Å²) in [7, 11) is 0. The second-order valence-electron chi connectivity index (χ2n) is 6.58. The van der Waals surface area contributed by atoms with Gasteiger partial charge in [0.15, 0.2) is 0 Å². The Hall–Kier alpha value is -2.24. The van der Waals surface area contributed by atoms with Crippen LogP contribution in [-0.4, -0.2) is 33.4 Å². The smallest absolute Gasteiger partial charge is 0.254 e. The molecule has 1 aliphatic rings. The molecule has 3 rings (SSSR count). The van der Waals surface area contributed by atoms with Crippen molar-refractivity contribution in [3.05, 3.63) is 53.6 Å². The van der Waals surface area contributed by atoms with Gasteiger partial charge in [0.05, 0.1) is 0 Å². The molecule has 2 aromatic rings. The quantitative estimate of drug-likeness (QED) is 0.820. The number of rotatable bonds is 5. The summed E-state index contributed by atoms with van der Waals surface area (Å²) >= 11 is 0. The first kappa shape index (κ1) is 17.6. The average Bonchev–Trinajstić information content (AvgIpc) is 3.07. The van der Waals surface area contributed by atoms with Gasteiger partial charge in [-0.25, -0.2) is 13.8 Å². The molecule has 1 aromatic carbocycles. The molecular formula is C19H23F2N3O. The van der Waals surface area contributed by atoms with Gasteiger partial charge >= 0.3 is 0 Å². The fourth-order valence-corrected chi connectivity index (χ4v) is 3.43. The van der Waals surface area contributed by atoms with Crippen molar-refractivity contribution in [3.63, 3.8) is 0 Å². The summed E-state index contributed by atoms with van der Waals surface area (Å²) in [4.78, 5) is 18.8. The Morgan fingerprint density at radius 2 is 2.04 bits per heavy atom. The van der Waals surface area contributed by atoms with Gasteiger partial charge in [-0.05, 0) is 31.4 Å². The summed E-state index contributed by atoms with van der Waals surface area (Å²) in [6, 6.07) is 2.97. The second kappa shape index (κ2) is 7.76. The van der Waals surface area contributed by atoms with Crippen LogP contribution in [-0.2, 0) is 6.54 Å². The molecule has 0 unspecified atom stereocenters. The molecule has 4 nitrogen and oxygen atoms in total. The van der Waals surface area contributed by atoms with E-state index in [0.717, 1.165) is 56.3 Å². The molecule has 0 radical (unpaired) electrons. The maximum absolute atomic E-state index is 13.4. The molecule has 134 valence electrons. The highest BCUT2D eigenvalue weighted by molar-refractivity contribution is 5.94. The molecule has 1 saturated heterocycles. The van der Waals surface area contributed by atoms with Crippen molar-refractivity contribution in [2.75, 3.05) is 13.1 Å². The van der Waals surface area contributed by atoms with Gasteiger partial charge in [0.2, 0.25) is 0 Å². The fraction of sp³-hybridized carbons (Fsp3) is 0.474. The third kappa shape index (κ3) is 4.06. The van der Waals surface area contributed by atoms with Crippen molar-refractivity contribution >= 4 is 5.91 Å². The van der Waals surface area contributed by atoms with Gasteiger partial charge in [0.1, 0.15) is 17.5 Å². The Kier molecular flexibility index (Phi) is 5.46. The minimum atomic E-state index is -0.730. The maximum Gasteiger partial charge on any atom is 0.254 e. The summed E-state index contributed by atoms with van der Waals surface area (Å²) in [5.41, 5.74) is 0.0625. The van der Waals surface area contributed by atoms with E-state index < -0.39 is 11.6 Å². The molecule has 1 aliphatic heterocycles. The first-order valence-electron chi connectivity index (χ1n) is 8.85. The Bertz CT molecular complexity index is 724. The van der Waals surface area contributed by atoms with Crippen LogP contribution in [0, 0.1) is 11.6 Å². The lowest BCUT2D eigenvalue weighted by Gasteiger charge is -2.32. The van der Waals surface area contributed by atoms with E-state index in [-0.39, 0.29) is 17.4 Å². The minimum Gasteiger partial charge on any atom is -0.338 e. The maximum atomic E-state index is 13.4. The molecule has 0 saturated carbocycles. The second-order valence-corrected chi connectivity index (χ2v) is 6.58. The topological polar surface area (TPSA) is 38.1 Å². The Morgan fingerprint density at radius 1 is 1.28 bits per heavy atom. The lowest BCUT2D eigenvalue weighted by Crippen LogP contribution is -2.39. The lowest BCUT2D eigenvalue weighted by atomic mass is 9.96. The molecule has 1 fully saturated rings. The van der Waals surface area contributed by atoms with Crippen molar-refractivity contribution in [1.29, 1.82) is 0 Å². The SMILES string of the molecule is CCCCn1ccnc1[C@H]1CCCN(C(=O)c2cc(F)cc(F)c2)C1.